The third kappa shape index (κ3) is 49.2. The molecular formula is C56H107O11P. The Kier molecular flexibility index (Phi) is 50.2. The molecule has 0 spiro atoms. The Bertz CT molecular complexity index is 1200. The first-order valence-corrected chi connectivity index (χ1v) is 30.1. The van der Waals surface area contributed by atoms with E-state index in [0.29, 0.717) is 19.3 Å². The van der Waals surface area contributed by atoms with Crippen molar-refractivity contribution in [3.05, 3.63) is 12.2 Å². The van der Waals surface area contributed by atoms with Gasteiger partial charge in [0.15, 0.2) is 6.10 Å². The highest BCUT2D eigenvalue weighted by molar-refractivity contribution is 7.47. The number of phosphoric acid groups is 1. The van der Waals surface area contributed by atoms with E-state index in [1.165, 1.54) is 154 Å². The van der Waals surface area contributed by atoms with Crippen LogP contribution in [0.25, 0.3) is 0 Å². The van der Waals surface area contributed by atoms with Crippen LogP contribution in [0.2, 0.25) is 0 Å². The smallest absolute Gasteiger partial charge is 0.462 e. The number of phosphoric ester groups is 1. The van der Waals surface area contributed by atoms with Crippen LogP contribution in [0.4, 0.5) is 0 Å². The van der Waals surface area contributed by atoms with Crippen molar-refractivity contribution in [1.82, 2.24) is 0 Å². The van der Waals surface area contributed by atoms with E-state index in [4.69, 9.17) is 23.3 Å². The summed E-state index contributed by atoms with van der Waals surface area (Å²) in [5.74, 6) is -1.45. The zero-order valence-electron chi connectivity index (χ0n) is 44.4. The molecule has 2 N–H and O–H groups in total. The Morgan fingerprint density at radius 2 is 0.676 bits per heavy atom. The van der Waals surface area contributed by atoms with Crippen LogP contribution in [-0.2, 0) is 42.2 Å². The molecule has 68 heavy (non-hydrogen) atoms. The number of allylic oxidation sites excluding steroid dienone is 2. The van der Waals surface area contributed by atoms with E-state index in [2.05, 4.69) is 32.9 Å². The number of carbonyl (C=O) groups is 3. The standard InChI is InChI=1S/C56H107O11P/c1-4-7-10-13-16-19-21-23-25-26-28-29-31-34-36-39-42-45-54(58)63-49-53(67-56(60)47-44-41-38-35-32-30-27-24-22-20-17-14-11-8-5-2)51-65-68(61,62)64-50-52(48-57)66-55(59)46-43-40-37-33-18-15-12-9-6-3/h24,27,52-53,57H,4-23,25-26,28-51H2,1-3H3,(H,61,62)/b27-24-. The maximum Gasteiger partial charge on any atom is 0.472 e. The number of unbranched alkanes of at least 4 members (excludes halogenated alkanes) is 35. The number of ether oxygens (including phenoxy) is 3. The van der Waals surface area contributed by atoms with Gasteiger partial charge in [0.05, 0.1) is 19.8 Å². The fourth-order valence-electron chi connectivity index (χ4n) is 8.29. The second-order valence-electron chi connectivity index (χ2n) is 19.5. The number of rotatable bonds is 54. The summed E-state index contributed by atoms with van der Waals surface area (Å²) in [4.78, 5) is 48.4. The van der Waals surface area contributed by atoms with Gasteiger partial charge >= 0.3 is 25.7 Å². The second kappa shape index (κ2) is 51.6. The molecule has 0 aromatic carbocycles. The molecule has 3 atom stereocenters. The Hall–Kier alpha value is -1.78. The summed E-state index contributed by atoms with van der Waals surface area (Å²) in [7, 11) is -4.73. The lowest BCUT2D eigenvalue weighted by Gasteiger charge is -2.21. The van der Waals surface area contributed by atoms with Gasteiger partial charge in [-0.25, -0.2) is 4.57 Å². The molecule has 0 saturated heterocycles. The first kappa shape index (κ1) is 66.2. The largest absolute Gasteiger partial charge is 0.472 e. The maximum absolute atomic E-state index is 12.9. The van der Waals surface area contributed by atoms with Gasteiger partial charge in [0.25, 0.3) is 0 Å². The minimum atomic E-state index is -4.73. The van der Waals surface area contributed by atoms with Gasteiger partial charge in [0, 0.05) is 19.3 Å². The summed E-state index contributed by atoms with van der Waals surface area (Å²) in [5, 5.41) is 9.76. The number of carbonyl (C=O) groups excluding carboxylic acids is 3. The molecule has 0 aromatic heterocycles. The molecule has 0 fully saturated rings. The third-order valence-electron chi connectivity index (χ3n) is 12.7. The minimum absolute atomic E-state index is 0.164. The zero-order valence-corrected chi connectivity index (χ0v) is 45.2. The van der Waals surface area contributed by atoms with Crippen LogP contribution in [0.5, 0.6) is 0 Å². The molecular weight excluding hydrogens is 880 g/mol. The lowest BCUT2D eigenvalue weighted by Crippen LogP contribution is -2.30. The van der Waals surface area contributed by atoms with Crippen LogP contribution < -0.4 is 0 Å². The van der Waals surface area contributed by atoms with Crippen LogP contribution in [0.15, 0.2) is 12.2 Å². The summed E-state index contributed by atoms with van der Waals surface area (Å²) in [6.45, 7) is 4.65. The van der Waals surface area contributed by atoms with E-state index in [-0.39, 0.29) is 25.9 Å². The third-order valence-corrected chi connectivity index (χ3v) is 13.6. The van der Waals surface area contributed by atoms with E-state index in [1.54, 1.807) is 0 Å². The van der Waals surface area contributed by atoms with Crippen LogP contribution >= 0.6 is 7.82 Å². The Morgan fingerprint density at radius 1 is 0.397 bits per heavy atom. The fraction of sp³-hybridized carbons (Fsp3) is 0.911. The van der Waals surface area contributed by atoms with Gasteiger partial charge in [-0.3, -0.25) is 23.4 Å². The quantitative estimate of drug-likeness (QED) is 0.0197. The summed E-state index contributed by atoms with van der Waals surface area (Å²) < 4.78 is 39.4. The molecule has 0 rings (SSSR count). The van der Waals surface area contributed by atoms with Gasteiger partial charge in [-0.1, -0.05) is 238 Å². The molecule has 0 saturated carbocycles. The van der Waals surface area contributed by atoms with Crippen molar-refractivity contribution < 1.29 is 52.2 Å². The number of aliphatic hydroxyl groups excluding tert-OH is 1. The highest BCUT2D eigenvalue weighted by Gasteiger charge is 2.28. The van der Waals surface area contributed by atoms with Crippen molar-refractivity contribution in [2.75, 3.05) is 26.4 Å². The zero-order chi connectivity index (χ0) is 49.9. The van der Waals surface area contributed by atoms with Crippen molar-refractivity contribution in [2.24, 2.45) is 0 Å². The van der Waals surface area contributed by atoms with E-state index >= 15 is 0 Å². The molecule has 0 aliphatic carbocycles. The molecule has 12 heteroatoms. The molecule has 0 radical (unpaired) electrons. The average molecular weight is 987 g/mol. The Balaban J connectivity index is 4.68. The summed E-state index contributed by atoms with van der Waals surface area (Å²) in [6.07, 6.45) is 48.9. The molecule has 0 aliphatic heterocycles. The van der Waals surface area contributed by atoms with Crippen molar-refractivity contribution >= 4 is 25.7 Å². The number of hydrogen-bond acceptors (Lipinski definition) is 10. The SMILES string of the molecule is CCCCCCCC/C=C\CCCCCCCC(=O)OC(COC(=O)CCCCCCCCCCCCCCCCCCC)COP(=O)(O)OCC(CO)OC(=O)CCCCCCCCCCC. The highest BCUT2D eigenvalue weighted by atomic mass is 31.2. The highest BCUT2D eigenvalue weighted by Crippen LogP contribution is 2.43. The molecule has 11 nitrogen and oxygen atoms in total. The summed E-state index contributed by atoms with van der Waals surface area (Å²) in [6, 6.07) is 0. The van der Waals surface area contributed by atoms with Gasteiger partial charge in [-0.15, -0.1) is 0 Å². The Labute approximate surface area is 417 Å². The van der Waals surface area contributed by atoms with Crippen LogP contribution in [0, 0.1) is 0 Å². The minimum Gasteiger partial charge on any atom is -0.462 e. The average Bonchev–Trinajstić information content (AvgIpc) is 3.32. The van der Waals surface area contributed by atoms with Gasteiger partial charge in [-0.2, -0.15) is 0 Å². The maximum atomic E-state index is 12.9. The summed E-state index contributed by atoms with van der Waals surface area (Å²) >= 11 is 0. The topological polar surface area (TPSA) is 155 Å². The van der Waals surface area contributed by atoms with Crippen LogP contribution in [0.3, 0.4) is 0 Å². The van der Waals surface area contributed by atoms with Gasteiger partial charge < -0.3 is 24.2 Å². The number of hydrogen-bond donors (Lipinski definition) is 2. The molecule has 0 aliphatic rings. The summed E-state index contributed by atoms with van der Waals surface area (Å²) in [5.41, 5.74) is 0. The van der Waals surface area contributed by atoms with Gasteiger partial charge in [0.1, 0.15) is 12.7 Å². The number of aliphatic hydroxyl groups is 1. The predicted molar refractivity (Wildman–Crippen MR) is 280 cm³/mol. The van der Waals surface area contributed by atoms with E-state index < -0.39 is 57.8 Å². The van der Waals surface area contributed by atoms with E-state index in [0.717, 1.165) is 77.0 Å². The van der Waals surface area contributed by atoms with E-state index in [1.807, 2.05) is 0 Å². The molecule has 0 heterocycles. The number of esters is 3. The Morgan fingerprint density at radius 3 is 1.01 bits per heavy atom. The fourth-order valence-corrected chi connectivity index (χ4v) is 9.08. The van der Waals surface area contributed by atoms with Crippen molar-refractivity contribution in [2.45, 2.75) is 303 Å². The normalized spacial score (nSPS) is 13.4. The lowest BCUT2D eigenvalue weighted by molar-refractivity contribution is -0.161. The van der Waals surface area contributed by atoms with Crippen molar-refractivity contribution in [3.63, 3.8) is 0 Å². The van der Waals surface area contributed by atoms with Gasteiger partial charge in [0.2, 0.25) is 0 Å². The second-order valence-corrected chi connectivity index (χ2v) is 20.9. The lowest BCUT2D eigenvalue weighted by atomic mass is 10.0. The molecule has 3 unspecified atom stereocenters. The van der Waals surface area contributed by atoms with Gasteiger partial charge in [-0.05, 0) is 44.9 Å². The predicted octanol–water partition coefficient (Wildman–Crippen LogP) is 16.5. The first-order chi connectivity index (χ1) is 33.2. The van der Waals surface area contributed by atoms with Crippen molar-refractivity contribution in [1.29, 1.82) is 0 Å². The van der Waals surface area contributed by atoms with Crippen LogP contribution in [-0.4, -0.2) is 66.5 Å². The molecule has 0 aromatic rings. The monoisotopic (exact) mass is 987 g/mol. The van der Waals surface area contributed by atoms with Crippen LogP contribution in [0.1, 0.15) is 290 Å². The molecule has 0 amide bonds. The molecule has 0 bridgehead atoms. The van der Waals surface area contributed by atoms with Crippen molar-refractivity contribution in [3.8, 4) is 0 Å². The molecule has 402 valence electrons. The van der Waals surface area contributed by atoms with E-state index in [9.17, 15) is 28.9 Å². The first-order valence-electron chi connectivity index (χ1n) is 28.6.